The zero-order valence-electron chi connectivity index (χ0n) is 12.6. The maximum atomic E-state index is 11.9. The SMILES string of the molecule is CCOC(=O)c1ccc(O)c(Cc2ccc(C#N)cc2)c1C. The third-order valence-electron chi connectivity index (χ3n) is 3.53. The number of nitriles is 1. The molecule has 0 bridgehead atoms. The molecule has 1 N–H and O–H groups in total. The molecule has 0 aliphatic carbocycles. The number of carbonyl (C=O) groups is 1. The molecular formula is C18H17NO3. The molecule has 0 fully saturated rings. The Morgan fingerprint density at radius 3 is 2.50 bits per heavy atom. The van der Waals surface area contributed by atoms with Crippen molar-refractivity contribution in [2.45, 2.75) is 20.3 Å². The minimum absolute atomic E-state index is 0.148. The molecule has 0 atom stereocenters. The lowest BCUT2D eigenvalue weighted by Gasteiger charge is -2.13. The Labute approximate surface area is 129 Å². The van der Waals surface area contributed by atoms with Crippen LogP contribution in [0.5, 0.6) is 5.75 Å². The Balaban J connectivity index is 2.35. The summed E-state index contributed by atoms with van der Waals surface area (Å²) in [6.45, 7) is 3.86. The summed E-state index contributed by atoms with van der Waals surface area (Å²) in [7, 11) is 0. The van der Waals surface area contributed by atoms with E-state index < -0.39 is 0 Å². The Morgan fingerprint density at radius 1 is 1.23 bits per heavy atom. The maximum Gasteiger partial charge on any atom is 0.338 e. The van der Waals surface area contributed by atoms with Gasteiger partial charge < -0.3 is 9.84 Å². The largest absolute Gasteiger partial charge is 0.508 e. The molecule has 0 aliphatic rings. The van der Waals surface area contributed by atoms with Crippen LogP contribution in [0.2, 0.25) is 0 Å². The quantitative estimate of drug-likeness (QED) is 0.878. The fraction of sp³-hybridized carbons (Fsp3) is 0.222. The van der Waals surface area contributed by atoms with Gasteiger partial charge in [0.25, 0.3) is 0 Å². The van der Waals surface area contributed by atoms with Crippen molar-refractivity contribution in [2.24, 2.45) is 0 Å². The molecule has 2 aromatic rings. The summed E-state index contributed by atoms with van der Waals surface area (Å²) in [6.07, 6.45) is 0.483. The van der Waals surface area contributed by atoms with Crippen molar-refractivity contribution >= 4 is 5.97 Å². The first kappa shape index (κ1) is 15.6. The smallest absolute Gasteiger partial charge is 0.338 e. The summed E-state index contributed by atoms with van der Waals surface area (Å²) in [6, 6.07) is 12.3. The van der Waals surface area contributed by atoms with Crippen LogP contribution < -0.4 is 0 Å². The summed E-state index contributed by atoms with van der Waals surface area (Å²) >= 11 is 0. The van der Waals surface area contributed by atoms with Crippen LogP contribution >= 0.6 is 0 Å². The second kappa shape index (κ2) is 6.77. The van der Waals surface area contributed by atoms with Gasteiger partial charge in [-0.2, -0.15) is 5.26 Å². The molecule has 0 heterocycles. The van der Waals surface area contributed by atoms with Crippen molar-refractivity contribution in [3.05, 3.63) is 64.2 Å². The van der Waals surface area contributed by atoms with Crippen LogP contribution in [0, 0.1) is 18.3 Å². The number of hydrogen-bond acceptors (Lipinski definition) is 4. The van der Waals surface area contributed by atoms with Crippen molar-refractivity contribution in [1.29, 1.82) is 5.26 Å². The molecule has 0 aromatic heterocycles. The molecule has 0 saturated heterocycles. The number of hydrogen-bond donors (Lipinski definition) is 1. The van der Waals surface area contributed by atoms with Gasteiger partial charge in [0.2, 0.25) is 0 Å². The Kier molecular flexibility index (Phi) is 4.80. The van der Waals surface area contributed by atoms with E-state index in [4.69, 9.17) is 10.00 Å². The van der Waals surface area contributed by atoms with Gasteiger partial charge in [-0.3, -0.25) is 0 Å². The predicted octanol–water partition coefficient (Wildman–Crippen LogP) is 3.34. The van der Waals surface area contributed by atoms with E-state index in [1.54, 1.807) is 32.0 Å². The van der Waals surface area contributed by atoms with Crippen molar-refractivity contribution < 1.29 is 14.6 Å². The van der Waals surface area contributed by atoms with Crippen LogP contribution in [0.1, 0.15) is 39.5 Å². The molecule has 2 aromatic carbocycles. The Bertz CT molecular complexity index is 727. The summed E-state index contributed by atoms with van der Waals surface area (Å²) in [5.74, 6) is -0.240. The Morgan fingerprint density at radius 2 is 1.91 bits per heavy atom. The van der Waals surface area contributed by atoms with Crippen LogP contribution in [0.25, 0.3) is 0 Å². The highest BCUT2D eigenvalue weighted by Crippen LogP contribution is 2.27. The third-order valence-corrected chi connectivity index (χ3v) is 3.53. The number of esters is 1. The zero-order valence-corrected chi connectivity index (χ0v) is 12.6. The highest BCUT2D eigenvalue weighted by atomic mass is 16.5. The van der Waals surface area contributed by atoms with E-state index in [1.165, 1.54) is 6.07 Å². The van der Waals surface area contributed by atoms with Crippen molar-refractivity contribution in [2.75, 3.05) is 6.61 Å². The van der Waals surface area contributed by atoms with E-state index in [-0.39, 0.29) is 11.7 Å². The second-order valence-electron chi connectivity index (χ2n) is 4.94. The summed E-state index contributed by atoms with van der Waals surface area (Å²) in [5.41, 5.74) is 3.41. The molecule has 4 nitrogen and oxygen atoms in total. The van der Waals surface area contributed by atoms with Crippen molar-refractivity contribution in [1.82, 2.24) is 0 Å². The molecule has 0 unspecified atom stereocenters. The van der Waals surface area contributed by atoms with E-state index in [2.05, 4.69) is 6.07 Å². The number of benzene rings is 2. The van der Waals surface area contributed by atoms with E-state index >= 15 is 0 Å². The summed E-state index contributed by atoms with van der Waals surface area (Å²) in [5, 5.41) is 18.9. The standard InChI is InChI=1S/C18H17NO3/c1-3-22-18(21)15-8-9-17(20)16(12(15)2)10-13-4-6-14(11-19)7-5-13/h4-9,20H,3,10H2,1-2H3. The molecule has 0 spiro atoms. The topological polar surface area (TPSA) is 70.3 Å². The van der Waals surface area contributed by atoms with Gasteiger partial charge in [-0.1, -0.05) is 12.1 Å². The van der Waals surface area contributed by atoms with Gasteiger partial charge in [0.1, 0.15) is 5.75 Å². The van der Waals surface area contributed by atoms with E-state index in [1.807, 2.05) is 12.1 Å². The summed E-state index contributed by atoms with van der Waals surface area (Å²) in [4.78, 5) is 11.9. The normalized spacial score (nSPS) is 10.0. The van der Waals surface area contributed by atoms with Gasteiger partial charge >= 0.3 is 5.97 Å². The van der Waals surface area contributed by atoms with Gasteiger partial charge in [-0.15, -0.1) is 0 Å². The van der Waals surface area contributed by atoms with Crippen molar-refractivity contribution in [3.63, 3.8) is 0 Å². The number of phenols is 1. The van der Waals surface area contributed by atoms with E-state index in [0.29, 0.717) is 35.3 Å². The van der Waals surface area contributed by atoms with Crippen LogP contribution in [0.15, 0.2) is 36.4 Å². The molecule has 112 valence electrons. The number of ether oxygens (including phenoxy) is 1. The van der Waals surface area contributed by atoms with Gasteiger partial charge in [0.05, 0.1) is 23.8 Å². The van der Waals surface area contributed by atoms with E-state index in [0.717, 1.165) is 5.56 Å². The Hall–Kier alpha value is -2.80. The molecule has 0 saturated carbocycles. The lowest BCUT2D eigenvalue weighted by Crippen LogP contribution is -2.08. The number of aromatic hydroxyl groups is 1. The predicted molar refractivity (Wildman–Crippen MR) is 82.8 cm³/mol. The van der Waals surface area contributed by atoms with Crippen LogP contribution in [-0.2, 0) is 11.2 Å². The number of carbonyl (C=O) groups excluding carboxylic acids is 1. The minimum atomic E-state index is -0.388. The molecule has 22 heavy (non-hydrogen) atoms. The van der Waals surface area contributed by atoms with Gasteiger partial charge in [-0.25, -0.2) is 4.79 Å². The highest BCUT2D eigenvalue weighted by Gasteiger charge is 2.16. The molecular weight excluding hydrogens is 278 g/mol. The molecule has 0 amide bonds. The highest BCUT2D eigenvalue weighted by molar-refractivity contribution is 5.91. The average Bonchev–Trinajstić information content (AvgIpc) is 2.52. The molecule has 2 rings (SSSR count). The average molecular weight is 295 g/mol. The fourth-order valence-corrected chi connectivity index (χ4v) is 2.30. The van der Waals surface area contributed by atoms with Crippen molar-refractivity contribution in [3.8, 4) is 11.8 Å². The fourth-order valence-electron chi connectivity index (χ4n) is 2.30. The molecule has 0 radical (unpaired) electrons. The van der Waals surface area contributed by atoms with E-state index in [9.17, 15) is 9.90 Å². The number of rotatable bonds is 4. The van der Waals surface area contributed by atoms with Crippen LogP contribution in [-0.4, -0.2) is 17.7 Å². The van der Waals surface area contributed by atoms with Gasteiger partial charge in [0.15, 0.2) is 0 Å². The number of nitrogens with zero attached hydrogens (tertiary/aromatic N) is 1. The minimum Gasteiger partial charge on any atom is -0.508 e. The second-order valence-corrected chi connectivity index (χ2v) is 4.94. The number of phenolic OH excluding ortho intramolecular Hbond substituents is 1. The maximum absolute atomic E-state index is 11.9. The first-order valence-corrected chi connectivity index (χ1v) is 7.04. The van der Waals surface area contributed by atoms with Gasteiger partial charge in [-0.05, 0) is 49.2 Å². The molecule has 0 aliphatic heterocycles. The zero-order chi connectivity index (χ0) is 16.1. The monoisotopic (exact) mass is 295 g/mol. The lowest BCUT2D eigenvalue weighted by atomic mass is 9.95. The first-order valence-electron chi connectivity index (χ1n) is 7.04. The van der Waals surface area contributed by atoms with Crippen LogP contribution in [0.3, 0.4) is 0 Å². The van der Waals surface area contributed by atoms with Crippen LogP contribution in [0.4, 0.5) is 0 Å². The third kappa shape index (κ3) is 3.26. The first-order chi connectivity index (χ1) is 10.6. The summed E-state index contributed by atoms with van der Waals surface area (Å²) < 4.78 is 5.03. The van der Waals surface area contributed by atoms with Gasteiger partial charge in [0, 0.05) is 12.0 Å². The lowest BCUT2D eigenvalue weighted by molar-refractivity contribution is 0.0525. The molecule has 4 heteroatoms.